The van der Waals surface area contributed by atoms with Crippen LogP contribution in [-0.4, -0.2) is 35.3 Å². The minimum Gasteiger partial charge on any atom is -0.491 e. The number of rotatable bonds is 7. The zero-order valence-electron chi connectivity index (χ0n) is 11.4. The van der Waals surface area contributed by atoms with Gasteiger partial charge in [-0.15, -0.1) is 0 Å². The highest BCUT2D eigenvalue weighted by molar-refractivity contribution is 5.44. The smallest absolute Gasteiger partial charge is 0.272 e. The van der Waals surface area contributed by atoms with Gasteiger partial charge in [0.25, 0.3) is 5.69 Å². The first-order valence-corrected chi connectivity index (χ1v) is 6.19. The van der Waals surface area contributed by atoms with Gasteiger partial charge in [0.15, 0.2) is 0 Å². The topological polar surface area (TPSA) is 84.6 Å². The fourth-order valence-corrected chi connectivity index (χ4v) is 1.55. The van der Waals surface area contributed by atoms with E-state index >= 15 is 0 Å². The summed E-state index contributed by atoms with van der Waals surface area (Å²) in [5.74, 6) is 0.520. The molecule has 6 nitrogen and oxygen atoms in total. The highest BCUT2D eigenvalue weighted by Gasteiger charge is 2.11. The quantitative estimate of drug-likeness (QED) is 0.580. The fourth-order valence-electron chi connectivity index (χ4n) is 1.55. The summed E-state index contributed by atoms with van der Waals surface area (Å²) in [5.41, 5.74) is 0.603. The number of aryl methyl sites for hydroxylation is 1. The molecule has 2 N–H and O–H groups in total. The molecule has 0 spiro atoms. The third kappa shape index (κ3) is 5.23. The number of nitrogens with zero attached hydrogens (tertiary/aromatic N) is 1. The maximum Gasteiger partial charge on any atom is 0.272 e. The standard InChI is InChI=1S/C13H20N2O4/c1-9(2)14-7-11(16)8-19-12-4-5-13(15(17)18)10(3)6-12/h4-6,9,11,14,16H,7-8H2,1-3H3. The summed E-state index contributed by atoms with van der Waals surface area (Å²) in [6.07, 6.45) is -0.613. The molecule has 19 heavy (non-hydrogen) atoms. The van der Waals surface area contributed by atoms with Crippen LogP contribution in [0.4, 0.5) is 5.69 Å². The highest BCUT2D eigenvalue weighted by Crippen LogP contribution is 2.22. The second kappa shape index (κ2) is 7.06. The Morgan fingerprint density at radius 3 is 2.68 bits per heavy atom. The summed E-state index contributed by atoms with van der Waals surface area (Å²) in [6, 6.07) is 4.84. The van der Waals surface area contributed by atoms with E-state index in [0.717, 1.165) is 0 Å². The zero-order chi connectivity index (χ0) is 14.4. The number of aliphatic hydroxyl groups excluding tert-OH is 1. The van der Waals surface area contributed by atoms with Gasteiger partial charge in [-0.25, -0.2) is 0 Å². The lowest BCUT2D eigenvalue weighted by Crippen LogP contribution is -2.35. The number of nitrogens with one attached hydrogen (secondary N) is 1. The molecule has 0 bridgehead atoms. The molecule has 0 aliphatic heterocycles. The predicted molar refractivity (Wildman–Crippen MR) is 72.5 cm³/mol. The maximum absolute atomic E-state index is 10.7. The first kappa shape index (κ1) is 15.4. The zero-order valence-corrected chi connectivity index (χ0v) is 11.4. The van der Waals surface area contributed by atoms with E-state index in [-0.39, 0.29) is 12.3 Å². The average molecular weight is 268 g/mol. The van der Waals surface area contributed by atoms with Crippen LogP contribution in [0.15, 0.2) is 18.2 Å². The van der Waals surface area contributed by atoms with Gasteiger partial charge < -0.3 is 15.2 Å². The molecular weight excluding hydrogens is 248 g/mol. The molecule has 1 atom stereocenters. The van der Waals surface area contributed by atoms with Crippen molar-refractivity contribution < 1.29 is 14.8 Å². The van der Waals surface area contributed by atoms with E-state index in [2.05, 4.69) is 5.32 Å². The summed E-state index contributed by atoms with van der Waals surface area (Å²) < 4.78 is 5.40. The predicted octanol–water partition coefficient (Wildman–Crippen LogP) is 1.64. The molecule has 0 amide bonds. The van der Waals surface area contributed by atoms with Gasteiger partial charge in [0, 0.05) is 24.2 Å². The van der Waals surface area contributed by atoms with Gasteiger partial charge in [-0.3, -0.25) is 10.1 Å². The molecule has 0 saturated carbocycles. The molecule has 0 radical (unpaired) electrons. The Morgan fingerprint density at radius 2 is 2.16 bits per heavy atom. The van der Waals surface area contributed by atoms with Gasteiger partial charge in [0.2, 0.25) is 0 Å². The van der Waals surface area contributed by atoms with Crippen molar-refractivity contribution in [3.05, 3.63) is 33.9 Å². The minimum atomic E-state index is -0.613. The average Bonchev–Trinajstić information content (AvgIpc) is 2.33. The van der Waals surface area contributed by atoms with E-state index in [1.165, 1.54) is 12.1 Å². The Kier molecular flexibility index (Phi) is 5.72. The van der Waals surface area contributed by atoms with Crippen LogP contribution in [0, 0.1) is 17.0 Å². The van der Waals surface area contributed by atoms with Crippen molar-refractivity contribution in [3.8, 4) is 5.75 Å². The van der Waals surface area contributed by atoms with E-state index in [4.69, 9.17) is 4.74 Å². The number of aliphatic hydroxyl groups is 1. The molecule has 1 unspecified atom stereocenters. The summed E-state index contributed by atoms with van der Waals surface area (Å²) in [6.45, 7) is 6.24. The van der Waals surface area contributed by atoms with E-state index in [0.29, 0.717) is 23.9 Å². The van der Waals surface area contributed by atoms with Crippen LogP contribution in [0.2, 0.25) is 0 Å². The molecule has 106 valence electrons. The van der Waals surface area contributed by atoms with Crippen molar-refractivity contribution >= 4 is 5.69 Å². The Hall–Kier alpha value is -1.66. The second-order valence-electron chi connectivity index (χ2n) is 4.73. The number of benzene rings is 1. The maximum atomic E-state index is 10.7. The molecule has 0 saturated heterocycles. The molecule has 1 aromatic carbocycles. The number of ether oxygens (including phenoxy) is 1. The molecule has 1 aromatic rings. The Morgan fingerprint density at radius 1 is 1.47 bits per heavy atom. The van der Waals surface area contributed by atoms with Crippen molar-refractivity contribution in [2.24, 2.45) is 0 Å². The Balaban J connectivity index is 2.50. The molecule has 1 rings (SSSR count). The van der Waals surface area contributed by atoms with Crippen molar-refractivity contribution in [2.75, 3.05) is 13.2 Å². The van der Waals surface area contributed by atoms with E-state index in [1.54, 1.807) is 13.0 Å². The number of nitro benzene ring substituents is 1. The first-order valence-electron chi connectivity index (χ1n) is 6.19. The molecule has 0 aliphatic rings. The summed E-state index contributed by atoms with van der Waals surface area (Å²) in [4.78, 5) is 10.2. The first-order chi connectivity index (χ1) is 8.90. The molecular formula is C13H20N2O4. The normalized spacial score (nSPS) is 12.5. The van der Waals surface area contributed by atoms with Gasteiger partial charge in [0.1, 0.15) is 18.5 Å². The van der Waals surface area contributed by atoms with E-state index in [9.17, 15) is 15.2 Å². The van der Waals surface area contributed by atoms with Crippen LogP contribution in [0.5, 0.6) is 5.75 Å². The van der Waals surface area contributed by atoms with Gasteiger partial charge in [-0.05, 0) is 19.1 Å². The van der Waals surface area contributed by atoms with Gasteiger partial charge in [0.05, 0.1) is 4.92 Å². The third-order valence-corrected chi connectivity index (χ3v) is 2.57. The summed E-state index contributed by atoms with van der Waals surface area (Å²) >= 11 is 0. The lowest BCUT2D eigenvalue weighted by atomic mass is 10.2. The number of hydrogen-bond donors (Lipinski definition) is 2. The largest absolute Gasteiger partial charge is 0.491 e. The van der Waals surface area contributed by atoms with Crippen LogP contribution in [0.3, 0.4) is 0 Å². The van der Waals surface area contributed by atoms with Gasteiger partial charge in [-0.2, -0.15) is 0 Å². The number of nitro groups is 1. The van der Waals surface area contributed by atoms with E-state index < -0.39 is 11.0 Å². The van der Waals surface area contributed by atoms with Crippen molar-refractivity contribution in [3.63, 3.8) is 0 Å². The third-order valence-electron chi connectivity index (χ3n) is 2.57. The van der Waals surface area contributed by atoms with Crippen molar-refractivity contribution in [1.82, 2.24) is 5.32 Å². The lowest BCUT2D eigenvalue weighted by molar-refractivity contribution is -0.385. The highest BCUT2D eigenvalue weighted by atomic mass is 16.6. The minimum absolute atomic E-state index is 0.0642. The van der Waals surface area contributed by atoms with Crippen LogP contribution in [0.1, 0.15) is 19.4 Å². The van der Waals surface area contributed by atoms with Crippen molar-refractivity contribution in [1.29, 1.82) is 0 Å². The SMILES string of the molecule is Cc1cc(OCC(O)CNC(C)C)ccc1[N+](=O)[O-]. The Labute approximate surface area is 112 Å². The van der Waals surface area contributed by atoms with Crippen LogP contribution in [0.25, 0.3) is 0 Å². The summed E-state index contributed by atoms with van der Waals surface area (Å²) in [7, 11) is 0. The molecule has 6 heteroatoms. The van der Waals surface area contributed by atoms with Crippen LogP contribution in [-0.2, 0) is 0 Å². The monoisotopic (exact) mass is 268 g/mol. The Bertz CT molecular complexity index is 435. The van der Waals surface area contributed by atoms with Crippen molar-refractivity contribution in [2.45, 2.75) is 32.9 Å². The number of hydrogen-bond acceptors (Lipinski definition) is 5. The van der Waals surface area contributed by atoms with Gasteiger partial charge in [-0.1, -0.05) is 13.8 Å². The molecule has 0 fully saturated rings. The fraction of sp³-hybridized carbons (Fsp3) is 0.538. The lowest BCUT2D eigenvalue weighted by Gasteiger charge is -2.15. The van der Waals surface area contributed by atoms with E-state index in [1.807, 2.05) is 13.8 Å². The van der Waals surface area contributed by atoms with Crippen LogP contribution < -0.4 is 10.1 Å². The van der Waals surface area contributed by atoms with Gasteiger partial charge >= 0.3 is 0 Å². The molecule has 0 aliphatic carbocycles. The molecule has 0 aromatic heterocycles. The second-order valence-corrected chi connectivity index (χ2v) is 4.73. The summed E-state index contributed by atoms with van der Waals surface area (Å²) in [5, 5.41) is 23.4. The molecule has 0 heterocycles. The van der Waals surface area contributed by atoms with Crippen LogP contribution >= 0.6 is 0 Å².